The number of carbonyl (C=O) groups excluding carboxylic acids is 2. The number of nitrogens with zero attached hydrogens (tertiary/aromatic N) is 3. The second-order valence-electron chi connectivity index (χ2n) is 8.80. The number of rotatable bonds is 5. The minimum atomic E-state index is -0.000759. The molecule has 3 heterocycles. The molecule has 2 unspecified atom stereocenters. The van der Waals surface area contributed by atoms with Crippen molar-refractivity contribution in [1.82, 2.24) is 20.0 Å². The van der Waals surface area contributed by atoms with Crippen LogP contribution in [-0.2, 0) is 4.79 Å². The fourth-order valence-corrected chi connectivity index (χ4v) is 4.91. The molecule has 1 aromatic heterocycles. The van der Waals surface area contributed by atoms with Gasteiger partial charge in [-0.2, -0.15) is 5.10 Å². The molecule has 2 aliphatic rings. The predicted octanol–water partition coefficient (Wildman–Crippen LogP) is 3.60. The summed E-state index contributed by atoms with van der Waals surface area (Å²) < 4.78 is 5.60. The van der Waals surface area contributed by atoms with Gasteiger partial charge in [-0.25, -0.2) is 0 Å². The normalized spacial score (nSPS) is 22.4. The van der Waals surface area contributed by atoms with Gasteiger partial charge in [0.1, 0.15) is 5.75 Å². The Morgan fingerprint density at radius 3 is 2.42 bits per heavy atom. The molecule has 2 aliphatic heterocycles. The molecule has 2 atom stereocenters. The lowest BCUT2D eigenvalue weighted by Gasteiger charge is -2.39. The zero-order valence-electron chi connectivity index (χ0n) is 18.4. The van der Waals surface area contributed by atoms with Crippen molar-refractivity contribution in [2.75, 3.05) is 19.7 Å². The first-order valence-corrected chi connectivity index (χ1v) is 11.4. The highest BCUT2D eigenvalue weighted by molar-refractivity contribution is 5.95. The zero-order chi connectivity index (χ0) is 21.8. The van der Waals surface area contributed by atoms with Crippen molar-refractivity contribution >= 4 is 11.8 Å². The second kappa shape index (κ2) is 9.54. The SMILES string of the molecule is CC1CCCC(C)N1C(=O)c1cn[nH]c1C1CCN(C(=O)COc2ccccc2)CC1. The maximum absolute atomic E-state index is 13.3. The summed E-state index contributed by atoms with van der Waals surface area (Å²) in [5.74, 6) is 0.987. The van der Waals surface area contributed by atoms with Gasteiger partial charge in [0.2, 0.25) is 0 Å². The summed E-state index contributed by atoms with van der Waals surface area (Å²) >= 11 is 0. The van der Waals surface area contributed by atoms with E-state index in [0.717, 1.165) is 31.4 Å². The summed E-state index contributed by atoms with van der Waals surface area (Å²) in [7, 11) is 0. The molecular formula is C24H32N4O3. The first-order valence-electron chi connectivity index (χ1n) is 11.4. The van der Waals surface area contributed by atoms with Gasteiger partial charge >= 0.3 is 0 Å². The lowest BCUT2D eigenvalue weighted by atomic mass is 9.90. The minimum absolute atomic E-state index is 0.000759. The van der Waals surface area contributed by atoms with Crippen LogP contribution < -0.4 is 4.74 Å². The number of benzene rings is 1. The Morgan fingerprint density at radius 1 is 1.06 bits per heavy atom. The van der Waals surface area contributed by atoms with E-state index >= 15 is 0 Å². The highest BCUT2D eigenvalue weighted by atomic mass is 16.5. The van der Waals surface area contributed by atoms with Crippen molar-refractivity contribution in [3.05, 3.63) is 47.8 Å². The molecule has 1 N–H and O–H groups in total. The third-order valence-corrected chi connectivity index (χ3v) is 6.69. The molecule has 0 saturated carbocycles. The summed E-state index contributed by atoms with van der Waals surface area (Å²) in [6, 6.07) is 9.90. The number of nitrogens with one attached hydrogen (secondary N) is 1. The van der Waals surface area contributed by atoms with Crippen LogP contribution in [-0.4, -0.2) is 63.6 Å². The van der Waals surface area contributed by atoms with Gasteiger partial charge in [-0.15, -0.1) is 0 Å². The Bertz CT molecular complexity index is 879. The van der Waals surface area contributed by atoms with Crippen LogP contribution in [0.25, 0.3) is 0 Å². The Kier molecular flexibility index (Phi) is 6.59. The van der Waals surface area contributed by atoms with Crippen molar-refractivity contribution in [1.29, 1.82) is 0 Å². The maximum Gasteiger partial charge on any atom is 0.260 e. The Balaban J connectivity index is 1.35. The quantitative estimate of drug-likeness (QED) is 0.796. The van der Waals surface area contributed by atoms with Crippen molar-refractivity contribution in [2.45, 2.75) is 64.0 Å². The molecule has 166 valence electrons. The fraction of sp³-hybridized carbons (Fsp3) is 0.542. The molecule has 2 saturated heterocycles. The largest absolute Gasteiger partial charge is 0.484 e. The third kappa shape index (κ3) is 4.75. The van der Waals surface area contributed by atoms with E-state index in [1.165, 1.54) is 6.42 Å². The van der Waals surface area contributed by atoms with Crippen molar-refractivity contribution < 1.29 is 14.3 Å². The molecule has 1 aromatic carbocycles. The first kappa shape index (κ1) is 21.4. The first-order chi connectivity index (χ1) is 15.0. The molecule has 4 rings (SSSR count). The Morgan fingerprint density at radius 2 is 1.74 bits per heavy atom. The second-order valence-corrected chi connectivity index (χ2v) is 8.80. The molecule has 0 radical (unpaired) electrons. The summed E-state index contributed by atoms with van der Waals surface area (Å²) in [5.41, 5.74) is 1.61. The van der Waals surface area contributed by atoms with Crippen molar-refractivity contribution in [2.24, 2.45) is 0 Å². The smallest absolute Gasteiger partial charge is 0.260 e. The summed E-state index contributed by atoms with van der Waals surface area (Å²) in [4.78, 5) is 29.7. The molecule has 2 aromatic rings. The Labute approximate surface area is 183 Å². The number of carbonyl (C=O) groups is 2. The van der Waals surface area contributed by atoms with Gasteiger partial charge in [0.25, 0.3) is 11.8 Å². The number of para-hydroxylation sites is 1. The van der Waals surface area contributed by atoms with Crippen LogP contribution in [0.15, 0.2) is 36.5 Å². The highest BCUT2D eigenvalue weighted by Gasteiger charge is 2.34. The van der Waals surface area contributed by atoms with E-state index in [1.807, 2.05) is 40.1 Å². The molecule has 2 fully saturated rings. The van der Waals surface area contributed by atoms with E-state index in [4.69, 9.17) is 4.74 Å². The van der Waals surface area contributed by atoms with Gasteiger partial charge in [-0.05, 0) is 58.1 Å². The third-order valence-electron chi connectivity index (χ3n) is 6.69. The lowest BCUT2D eigenvalue weighted by molar-refractivity contribution is -0.134. The Hall–Kier alpha value is -2.83. The van der Waals surface area contributed by atoms with Gasteiger partial charge in [0.15, 0.2) is 6.61 Å². The van der Waals surface area contributed by atoms with Crippen molar-refractivity contribution in [3.63, 3.8) is 0 Å². The number of amides is 2. The number of hydrogen-bond acceptors (Lipinski definition) is 4. The number of aromatic amines is 1. The average molecular weight is 425 g/mol. The van der Waals surface area contributed by atoms with E-state index in [9.17, 15) is 9.59 Å². The molecule has 7 heteroatoms. The monoisotopic (exact) mass is 424 g/mol. The zero-order valence-corrected chi connectivity index (χ0v) is 18.4. The summed E-state index contributed by atoms with van der Waals surface area (Å²) in [5, 5.41) is 7.30. The predicted molar refractivity (Wildman–Crippen MR) is 118 cm³/mol. The van der Waals surface area contributed by atoms with Crippen LogP contribution in [0.4, 0.5) is 0 Å². The van der Waals surface area contributed by atoms with Gasteiger partial charge < -0.3 is 14.5 Å². The van der Waals surface area contributed by atoms with Crippen molar-refractivity contribution in [3.8, 4) is 5.75 Å². The van der Waals surface area contributed by atoms with E-state index < -0.39 is 0 Å². The van der Waals surface area contributed by atoms with Crippen LogP contribution in [0.2, 0.25) is 0 Å². The number of hydrogen-bond donors (Lipinski definition) is 1. The standard InChI is InChI=1S/C24H32N4O3/c1-17-7-6-8-18(2)28(17)24(30)21-15-25-26-23(21)19-11-13-27(14-12-19)22(29)16-31-20-9-4-3-5-10-20/h3-5,9-10,15,17-19H,6-8,11-14,16H2,1-2H3,(H,25,26). The van der Waals surface area contributed by atoms with Crippen LogP contribution in [0.5, 0.6) is 5.75 Å². The summed E-state index contributed by atoms with van der Waals surface area (Å²) in [6.45, 7) is 5.63. The van der Waals surface area contributed by atoms with E-state index in [0.29, 0.717) is 24.4 Å². The number of H-pyrrole nitrogens is 1. The van der Waals surface area contributed by atoms with Crippen LogP contribution >= 0.6 is 0 Å². The topological polar surface area (TPSA) is 78.5 Å². The maximum atomic E-state index is 13.3. The number of aromatic nitrogens is 2. The highest BCUT2D eigenvalue weighted by Crippen LogP contribution is 2.31. The molecule has 0 spiro atoms. The van der Waals surface area contributed by atoms with Crippen LogP contribution in [0.3, 0.4) is 0 Å². The van der Waals surface area contributed by atoms with Gasteiger partial charge in [-0.1, -0.05) is 18.2 Å². The number of piperidine rings is 2. The van der Waals surface area contributed by atoms with E-state index in [-0.39, 0.29) is 36.4 Å². The molecule has 2 amide bonds. The molecule has 31 heavy (non-hydrogen) atoms. The van der Waals surface area contributed by atoms with Crippen LogP contribution in [0, 0.1) is 0 Å². The van der Waals surface area contributed by atoms with E-state index in [2.05, 4.69) is 24.0 Å². The molecule has 0 bridgehead atoms. The molecular weight excluding hydrogens is 392 g/mol. The van der Waals surface area contributed by atoms with Crippen LogP contribution in [0.1, 0.15) is 67.9 Å². The van der Waals surface area contributed by atoms with Gasteiger partial charge in [0.05, 0.1) is 17.5 Å². The number of likely N-dealkylation sites (tertiary alicyclic amines) is 2. The fourth-order valence-electron chi connectivity index (χ4n) is 4.91. The summed E-state index contributed by atoms with van der Waals surface area (Å²) in [6.07, 6.45) is 6.57. The molecule has 0 aliphatic carbocycles. The molecule has 7 nitrogen and oxygen atoms in total. The lowest BCUT2D eigenvalue weighted by Crippen LogP contribution is -2.47. The minimum Gasteiger partial charge on any atom is -0.484 e. The number of ether oxygens (including phenoxy) is 1. The van der Waals surface area contributed by atoms with Gasteiger partial charge in [-0.3, -0.25) is 14.7 Å². The van der Waals surface area contributed by atoms with Gasteiger partial charge in [0, 0.05) is 31.1 Å². The van der Waals surface area contributed by atoms with E-state index in [1.54, 1.807) is 6.20 Å². The average Bonchev–Trinajstić information content (AvgIpc) is 3.28.